The van der Waals surface area contributed by atoms with Crippen LogP contribution in [0, 0.1) is 0 Å². The third-order valence-corrected chi connectivity index (χ3v) is 5.38. The first-order valence-corrected chi connectivity index (χ1v) is 9.47. The van der Waals surface area contributed by atoms with Gasteiger partial charge in [0.15, 0.2) is 0 Å². The minimum Gasteiger partial charge on any atom is -0.381 e. The van der Waals surface area contributed by atoms with Crippen molar-refractivity contribution in [3.63, 3.8) is 0 Å². The number of rotatable bonds is 6. The van der Waals surface area contributed by atoms with Crippen molar-refractivity contribution >= 4 is 17.7 Å². The van der Waals surface area contributed by atoms with Crippen LogP contribution in [-0.4, -0.2) is 47.1 Å². The summed E-state index contributed by atoms with van der Waals surface area (Å²) in [7, 11) is 1.72. The smallest absolute Gasteiger partial charge is 0.254 e. The van der Waals surface area contributed by atoms with E-state index in [9.17, 15) is 13.6 Å². The maximum Gasteiger partial charge on any atom is 0.254 e. The van der Waals surface area contributed by atoms with Crippen LogP contribution in [0.2, 0.25) is 0 Å². The molecule has 2 aliphatic rings. The summed E-state index contributed by atoms with van der Waals surface area (Å²) in [5.41, 5.74) is 5.51. The van der Waals surface area contributed by atoms with Crippen molar-refractivity contribution < 1.29 is 18.3 Å². The van der Waals surface area contributed by atoms with Crippen LogP contribution in [0.15, 0.2) is 6.20 Å². The second-order valence-electron chi connectivity index (χ2n) is 7.47. The number of nitrogens with zero attached hydrogens (tertiary/aromatic N) is 2. The SMILES string of the molecule is COC1CCC(Nc2ncc(C(N)=O)c(NC3CCCC(F)(F)C3)n2)CC1. The van der Waals surface area contributed by atoms with Crippen LogP contribution in [0.4, 0.5) is 20.5 Å². The minimum absolute atomic E-state index is 0.103. The number of aromatic nitrogens is 2. The predicted molar refractivity (Wildman–Crippen MR) is 98.1 cm³/mol. The molecule has 27 heavy (non-hydrogen) atoms. The fourth-order valence-corrected chi connectivity index (χ4v) is 3.86. The van der Waals surface area contributed by atoms with Gasteiger partial charge >= 0.3 is 0 Å². The molecular weight excluding hydrogens is 356 g/mol. The maximum absolute atomic E-state index is 13.7. The zero-order valence-corrected chi connectivity index (χ0v) is 15.5. The van der Waals surface area contributed by atoms with Gasteiger partial charge in [-0.05, 0) is 38.5 Å². The first-order valence-electron chi connectivity index (χ1n) is 9.47. The van der Waals surface area contributed by atoms with Crippen molar-refractivity contribution in [3.05, 3.63) is 11.8 Å². The molecule has 4 N–H and O–H groups in total. The second kappa shape index (κ2) is 8.33. The van der Waals surface area contributed by atoms with Crippen molar-refractivity contribution in [3.8, 4) is 0 Å². The van der Waals surface area contributed by atoms with E-state index >= 15 is 0 Å². The molecule has 1 amide bonds. The molecule has 1 atom stereocenters. The number of hydrogen-bond donors (Lipinski definition) is 3. The lowest BCUT2D eigenvalue weighted by Crippen LogP contribution is -2.35. The molecule has 2 fully saturated rings. The van der Waals surface area contributed by atoms with E-state index in [-0.39, 0.29) is 36.4 Å². The Morgan fingerprint density at radius 1 is 1.22 bits per heavy atom. The average Bonchev–Trinajstić information content (AvgIpc) is 2.61. The molecule has 0 saturated heterocycles. The lowest BCUT2D eigenvalue weighted by atomic mass is 9.92. The fourth-order valence-electron chi connectivity index (χ4n) is 3.86. The highest BCUT2D eigenvalue weighted by atomic mass is 19.3. The highest BCUT2D eigenvalue weighted by Crippen LogP contribution is 2.34. The van der Waals surface area contributed by atoms with Gasteiger partial charge in [-0.1, -0.05) is 0 Å². The van der Waals surface area contributed by atoms with Gasteiger partial charge in [0, 0.05) is 38.2 Å². The Kier molecular flexibility index (Phi) is 6.08. The third-order valence-electron chi connectivity index (χ3n) is 5.38. The van der Waals surface area contributed by atoms with Crippen LogP contribution in [-0.2, 0) is 4.74 Å². The van der Waals surface area contributed by atoms with E-state index in [4.69, 9.17) is 10.5 Å². The minimum atomic E-state index is -2.70. The number of anilines is 2. The van der Waals surface area contributed by atoms with Gasteiger partial charge < -0.3 is 21.1 Å². The summed E-state index contributed by atoms with van der Waals surface area (Å²) in [6, 6.07) is -0.241. The maximum atomic E-state index is 13.7. The van der Waals surface area contributed by atoms with Crippen molar-refractivity contribution in [1.82, 2.24) is 9.97 Å². The number of primary amides is 1. The number of nitrogens with one attached hydrogen (secondary N) is 2. The number of halogens is 2. The van der Waals surface area contributed by atoms with Gasteiger partial charge in [0.05, 0.1) is 11.7 Å². The number of alkyl halides is 2. The molecule has 0 radical (unpaired) electrons. The first-order chi connectivity index (χ1) is 12.9. The molecule has 0 aromatic carbocycles. The highest BCUT2D eigenvalue weighted by Gasteiger charge is 2.36. The van der Waals surface area contributed by atoms with E-state index in [0.717, 1.165) is 25.7 Å². The summed E-state index contributed by atoms with van der Waals surface area (Å²) < 4.78 is 32.7. The molecule has 0 bridgehead atoms. The van der Waals surface area contributed by atoms with Gasteiger partial charge in [0.1, 0.15) is 5.82 Å². The van der Waals surface area contributed by atoms with Crippen molar-refractivity contribution in [2.45, 2.75) is 75.5 Å². The van der Waals surface area contributed by atoms with Gasteiger partial charge in [-0.2, -0.15) is 4.98 Å². The van der Waals surface area contributed by atoms with E-state index in [2.05, 4.69) is 20.6 Å². The molecule has 7 nitrogen and oxygen atoms in total. The second-order valence-corrected chi connectivity index (χ2v) is 7.47. The summed E-state index contributed by atoms with van der Waals surface area (Å²) in [4.78, 5) is 20.2. The summed E-state index contributed by atoms with van der Waals surface area (Å²) in [6.07, 6.45) is 6.04. The van der Waals surface area contributed by atoms with E-state index in [1.165, 1.54) is 6.20 Å². The van der Waals surface area contributed by atoms with Gasteiger partial charge in [-0.3, -0.25) is 4.79 Å². The standard InChI is InChI=1S/C18H27F2N5O2/c1-27-13-6-4-11(5-7-13)24-17-22-10-14(15(21)26)16(25-17)23-12-3-2-8-18(19,20)9-12/h10-13H,2-9H2,1H3,(H2,21,26)(H2,22,23,24,25). The molecule has 1 heterocycles. The molecule has 150 valence electrons. The van der Waals surface area contributed by atoms with E-state index in [1.807, 2.05) is 0 Å². The molecule has 0 aliphatic heterocycles. The molecule has 3 rings (SSSR count). The van der Waals surface area contributed by atoms with Crippen molar-refractivity contribution in [1.29, 1.82) is 0 Å². The van der Waals surface area contributed by atoms with Crippen LogP contribution in [0.1, 0.15) is 61.7 Å². The summed E-state index contributed by atoms with van der Waals surface area (Å²) in [6.45, 7) is 0. The summed E-state index contributed by atoms with van der Waals surface area (Å²) in [5, 5.41) is 6.26. The number of carbonyl (C=O) groups is 1. The normalized spacial score (nSPS) is 27.7. The highest BCUT2D eigenvalue weighted by molar-refractivity contribution is 5.97. The Balaban J connectivity index is 1.70. The summed E-state index contributed by atoms with van der Waals surface area (Å²) in [5.74, 6) is -2.80. The number of carbonyl (C=O) groups excluding carboxylic acids is 1. The Bertz CT molecular complexity index is 665. The quantitative estimate of drug-likeness (QED) is 0.698. The first kappa shape index (κ1) is 19.7. The Morgan fingerprint density at radius 3 is 2.59 bits per heavy atom. The lowest BCUT2D eigenvalue weighted by Gasteiger charge is -2.30. The van der Waals surface area contributed by atoms with E-state index < -0.39 is 17.9 Å². The topological polar surface area (TPSA) is 102 Å². The van der Waals surface area contributed by atoms with Crippen LogP contribution < -0.4 is 16.4 Å². The number of ether oxygens (including phenoxy) is 1. The van der Waals surface area contributed by atoms with Crippen molar-refractivity contribution in [2.24, 2.45) is 5.73 Å². The summed E-state index contributed by atoms with van der Waals surface area (Å²) >= 11 is 0. The van der Waals surface area contributed by atoms with E-state index in [0.29, 0.717) is 18.8 Å². The molecular formula is C18H27F2N5O2. The zero-order valence-electron chi connectivity index (χ0n) is 15.5. The van der Waals surface area contributed by atoms with Gasteiger partial charge in [0.2, 0.25) is 11.9 Å². The largest absolute Gasteiger partial charge is 0.381 e. The lowest BCUT2D eigenvalue weighted by molar-refractivity contribution is -0.0373. The Morgan fingerprint density at radius 2 is 1.96 bits per heavy atom. The van der Waals surface area contributed by atoms with Crippen LogP contribution in [0.5, 0.6) is 0 Å². The van der Waals surface area contributed by atoms with Gasteiger partial charge in [0.25, 0.3) is 5.91 Å². The zero-order chi connectivity index (χ0) is 19.4. The third kappa shape index (κ3) is 5.24. The average molecular weight is 383 g/mol. The predicted octanol–water partition coefficient (Wildman–Crippen LogP) is 2.93. The monoisotopic (exact) mass is 383 g/mol. The van der Waals surface area contributed by atoms with Crippen LogP contribution in [0.25, 0.3) is 0 Å². The molecule has 0 spiro atoms. The molecule has 2 aliphatic carbocycles. The Hall–Kier alpha value is -2.03. The fraction of sp³-hybridized carbons (Fsp3) is 0.722. The van der Waals surface area contributed by atoms with E-state index in [1.54, 1.807) is 7.11 Å². The number of nitrogens with two attached hydrogens (primary N) is 1. The Labute approximate surface area is 157 Å². The van der Waals surface area contributed by atoms with Crippen LogP contribution in [0.3, 0.4) is 0 Å². The van der Waals surface area contributed by atoms with Gasteiger partial charge in [-0.25, -0.2) is 13.8 Å². The molecule has 1 unspecified atom stereocenters. The molecule has 2 saturated carbocycles. The molecule has 1 aromatic heterocycles. The van der Waals surface area contributed by atoms with Crippen molar-refractivity contribution in [2.75, 3.05) is 17.7 Å². The van der Waals surface area contributed by atoms with Crippen LogP contribution >= 0.6 is 0 Å². The molecule has 1 aromatic rings. The number of amides is 1. The number of methoxy groups -OCH3 is 1. The number of hydrogen-bond acceptors (Lipinski definition) is 6. The van der Waals surface area contributed by atoms with Gasteiger partial charge in [-0.15, -0.1) is 0 Å². The molecule has 9 heteroatoms.